The molecule has 0 saturated carbocycles. The van der Waals surface area contributed by atoms with Crippen LogP contribution >= 0.6 is 11.3 Å². The highest BCUT2D eigenvalue weighted by molar-refractivity contribution is 7.17. The van der Waals surface area contributed by atoms with Crippen LogP contribution in [0.5, 0.6) is 5.75 Å². The van der Waals surface area contributed by atoms with Crippen molar-refractivity contribution in [1.82, 2.24) is 9.38 Å². The first kappa shape index (κ1) is 14.6. The van der Waals surface area contributed by atoms with E-state index in [4.69, 9.17) is 4.74 Å². The lowest BCUT2D eigenvalue weighted by Crippen LogP contribution is -2.14. The normalized spacial score (nSPS) is 11.1. The van der Waals surface area contributed by atoms with Crippen molar-refractivity contribution in [1.29, 1.82) is 0 Å². The quantitative estimate of drug-likeness (QED) is 0.798. The summed E-state index contributed by atoms with van der Waals surface area (Å²) in [5, 5.41) is 2.86. The van der Waals surface area contributed by atoms with Gasteiger partial charge in [-0.1, -0.05) is 12.1 Å². The summed E-state index contributed by atoms with van der Waals surface area (Å²) in [6.45, 7) is 5.91. The molecular formula is C16H17N3O2S. The molecule has 0 saturated heterocycles. The van der Waals surface area contributed by atoms with E-state index in [1.54, 1.807) is 17.5 Å². The molecule has 0 bridgehead atoms. The smallest absolute Gasteiger partial charge is 0.276 e. The molecule has 2 aromatic heterocycles. The van der Waals surface area contributed by atoms with Crippen LogP contribution in [-0.4, -0.2) is 21.4 Å². The molecule has 1 N–H and O–H groups in total. The third-order valence-electron chi connectivity index (χ3n) is 3.00. The average Bonchev–Trinajstić information content (AvgIpc) is 2.97. The monoisotopic (exact) mass is 315 g/mol. The van der Waals surface area contributed by atoms with E-state index in [9.17, 15) is 4.79 Å². The summed E-state index contributed by atoms with van der Waals surface area (Å²) in [7, 11) is 0. The third kappa shape index (κ3) is 2.96. The summed E-state index contributed by atoms with van der Waals surface area (Å²) in [6.07, 6.45) is 3.73. The first-order chi connectivity index (χ1) is 10.5. The van der Waals surface area contributed by atoms with Crippen molar-refractivity contribution in [2.45, 2.75) is 26.9 Å². The number of hydrogen-bond donors (Lipinski definition) is 1. The number of anilines is 1. The van der Waals surface area contributed by atoms with Crippen LogP contribution < -0.4 is 10.1 Å². The first-order valence-electron chi connectivity index (χ1n) is 7.05. The van der Waals surface area contributed by atoms with Crippen molar-refractivity contribution < 1.29 is 9.53 Å². The molecule has 0 aliphatic carbocycles. The summed E-state index contributed by atoms with van der Waals surface area (Å²) in [5.74, 6) is 0.413. The average molecular weight is 315 g/mol. The molecule has 0 aliphatic heterocycles. The number of amides is 1. The Labute approximate surface area is 132 Å². The number of imidazole rings is 1. The number of para-hydroxylation sites is 2. The van der Waals surface area contributed by atoms with Crippen molar-refractivity contribution in [3.05, 3.63) is 47.2 Å². The Kier molecular flexibility index (Phi) is 3.85. The molecule has 22 heavy (non-hydrogen) atoms. The second-order valence-corrected chi connectivity index (χ2v) is 6.49. The van der Waals surface area contributed by atoms with Gasteiger partial charge in [-0.25, -0.2) is 4.98 Å². The second-order valence-electron chi connectivity index (χ2n) is 5.27. The van der Waals surface area contributed by atoms with Gasteiger partial charge in [-0.2, -0.15) is 0 Å². The molecule has 0 atom stereocenters. The van der Waals surface area contributed by atoms with Crippen LogP contribution in [0, 0.1) is 6.92 Å². The van der Waals surface area contributed by atoms with Gasteiger partial charge in [0, 0.05) is 17.3 Å². The van der Waals surface area contributed by atoms with Crippen LogP contribution in [-0.2, 0) is 0 Å². The van der Waals surface area contributed by atoms with E-state index in [-0.39, 0.29) is 12.0 Å². The largest absolute Gasteiger partial charge is 0.489 e. The van der Waals surface area contributed by atoms with Crippen molar-refractivity contribution in [3.63, 3.8) is 0 Å². The number of carbonyl (C=O) groups excluding carboxylic acids is 1. The molecule has 6 heteroatoms. The van der Waals surface area contributed by atoms with Gasteiger partial charge in [0.2, 0.25) is 0 Å². The van der Waals surface area contributed by atoms with Crippen LogP contribution in [0.25, 0.3) is 4.96 Å². The second kappa shape index (κ2) is 5.81. The van der Waals surface area contributed by atoms with Gasteiger partial charge in [-0.3, -0.25) is 9.20 Å². The van der Waals surface area contributed by atoms with Gasteiger partial charge in [0.05, 0.1) is 11.8 Å². The summed E-state index contributed by atoms with van der Waals surface area (Å²) in [5.41, 5.74) is 1.04. The molecule has 0 unspecified atom stereocenters. The van der Waals surface area contributed by atoms with E-state index in [2.05, 4.69) is 10.3 Å². The molecule has 0 fully saturated rings. The van der Waals surface area contributed by atoms with E-state index in [1.807, 2.05) is 55.6 Å². The first-order valence-corrected chi connectivity index (χ1v) is 7.87. The molecule has 1 amide bonds. The molecule has 3 rings (SSSR count). The maximum absolute atomic E-state index is 12.4. The fourth-order valence-corrected chi connectivity index (χ4v) is 2.94. The summed E-state index contributed by atoms with van der Waals surface area (Å²) in [4.78, 5) is 18.7. The van der Waals surface area contributed by atoms with E-state index in [1.165, 1.54) is 0 Å². The lowest BCUT2D eigenvalue weighted by molar-refractivity contribution is 0.102. The Bertz CT molecular complexity index is 788. The third-order valence-corrected chi connectivity index (χ3v) is 3.91. The lowest BCUT2D eigenvalue weighted by atomic mass is 10.2. The molecule has 5 nitrogen and oxygen atoms in total. The number of benzene rings is 1. The van der Waals surface area contributed by atoms with Crippen LogP contribution in [0.2, 0.25) is 0 Å². The van der Waals surface area contributed by atoms with Gasteiger partial charge in [0.15, 0.2) is 4.96 Å². The van der Waals surface area contributed by atoms with E-state index in [0.717, 1.165) is 9.84 Å². The zero-order valence-electron chi connectivity index (χ0n) is 12.7. The maximum atomic E-state index is 12.4. The highest BCUT2D eigenvalue weighted by Gasteiger charge is 2.14. The molecular weight excluding hydrogens is 298 g/mol. The number of hydrogen-bond acceptors (Lipinski definition) is 4. The highest BCUT2D eigenvalue weighted by Crippen LogP contribution is 2.25. The SMILES string of the molecule is Cc1cn2cc(C(=O)Nc3ccccc3OC(C)C)nc2s1. The van der Waals surface area contributed by atoms with Gasteiger partial charge in [0.1, 0.15) is 11.4 Å². The fourth-order valence-electron chi connectivity index (χ4n) is 2.13. The Balaban J connectivity index is 1.83. The van der Waals surface area contributed by atoms with E-state index >= 15 is 0 Å². The van der Waals surface area contributed by atoms with Gasteiger partial charge >= 0.3 is 0 Å². The molecule has 0 spiro atoms. The topological polar surface area (TPSA) is 55.6 Å². The van der Waals surface area contributed by atoms with Crippen LogP contribution in [0.4, 0.5) is 5.69 Å². The Morgan fingerprint density at radius 1 is 1.32 bits per heavy atom. The Morgan fingerprint density at radius 3 is 2.82 bits per heavy atom. The predicted octanol–water partition coefficient (Wildman–Crippen LogP) is 3.74. The van der Waals surface area contributed by atoms with Crippen LogP contribution in [0.3, 0.4) is 0 Å². The summed E-state index contributed by atoms with van der Waals surface area (Å²) < 4.78 is 7.57. The summed E-state index contributed by atoms with van der Waals surface area (Å²) in [6, 6.07) is 7.39. The zero-order chi connectivity index (χ0) is 15.7. The molecule has 114 valence electrons. The lowest BCUT2D eigenvalue weighted by Gasteiger charge is -2.14. The Morgan fingerprint density at radius 2 is 2.09 bits per heavy atom. The predicted molar refractivity (Wildman–Crippen MR) is 88.0 cm³/mol. The van der Waals surface area contributed by atoms with E-state index in [0.29, 0.717) is 17.1 Å². The number of aryl methyl sites for hydroxylation is 1. The molecule has 3 aromatic rings. The minimum absolute atomic E-state index is 0.0407. The number of rotatable bonds is 4. The van der Waals surface area contributed by atoms with Crippen molar-refractivity contribution in [2.24, 2.45) is 0 Å². The van der Waals surface area contributed by atoms with Gasteiger partial charge < -0.3 is 10.1 Å². The molecule has 1 aromatic carbocycles. The standard InChI is InChI=1S/C16H17N3O2S/c1-10(2)21-14-7-5-4-6-12(14)17-15(20)13-9-19-8-11(3)22-16(19)18-13/h4-10H,1-3H3,(H,17,20). The van der Waals surface area contributed by atoms with Crippen LogP contribution in [0.1, 0.15) is 29.2 Å². The number of nitrogens with one attached hydrogen (secondary N) is 1. The molecule has 2 heterocycles. The summed E-state index contributed by atoms with van der Waals surface area (Å²) >= 11 is 1.56. The minimum atomic E-state index is -0.242. The number of nitrogens with zero attached hydrogens (tertiary/aromatic N) is 2. The highest BCUT2D eigenvalue weighted by atomic mass is 32.1. The maximum Gasteiger partial charge on any atom is 0.276 e. The van der Waals surface area contributed by atoms with E-state index < -0.39 is 0 Å². The number of carbonyl (C=O) groups is 1. The van der Waals surface area contributed by atoms with Crippen molar-refractivity contribution in [2.75, 3.05) is 5.32 Å². The van der Waals surface area contributed by atoms with Gasteiger partial charge in [0.25, 0.3) is 5.91 Å². The fraction of sp³-hybridized carbons (Fsp3) is 0.250. The number of fused-ring (bicyclic) bond motifs is 1. The number of aromatic nitrogens is 2. The number of ether oxygens (including phenoxy) is 1. The van der Waals surface area contributed by atoms with Crippen LogP contribution in [0.15, 0.2) is 36.7 Å². The van der Waals surface area contributed by atoms with Gasteiger partial charge in [-0.15, -0.1) is 11.3 Å². The van der Waals surface area contributed by atoms with Crippen molar-refractivity contribution in [3.8, 4) is 5.75 Å². The zero-order valence-corrected chi connectivity index (χ0v) is 13.5. The minimum Gasteiger partial charge on any atom is -0.489 e. The Hall–Kier alpha value is -2.34. The number of thiazole rings is 1. The molecule has 0 aliphatic rings. The van der Waals surface area contributed by atoms with Crippen molar-refractivity contribution >= 4 is 27.9 Å². The van der Waals surface area contributed by atoms with Gasteiger partial charge in [-0.05, 0) is 32.9 Å². The molecule has 0 radical (unpaired) electrons.